The third kappa shape index (κ3) is 4.04. The predicted molar refractivity (Wildman–Crippen MR) is 133 cm³/mol. The van der Waals surface area contributed by atoms with E-state index in [1.165, 1.54) is 19.2 Å². The number of ether oxygens (including phenoxy) is 1. The Bertz CT molecular complexity index is 1440. The number of aromatic nitrogens is 1. The number of hydrogen-bond donors (Lipinski definition) is 2. The van der Waals surface area contributed by atoms with Gasteiger partial charge in [0.05, 0.1) is 18.2 Å². The van der Waals surface area contributed by atoms with Crippen LogP contribution in [0.2, 0.25) is 0 Å². The summed E-state index contributed by atoms with van der Waals surface area (Å²) in [5.41, 5.74) is 4.14. The van der Waals surface area contributed by atoms with Crippen LogP contribution in [0.25, 0.3) is 27.7 Å². The first-order chi connectivity index (χ1) is 17.4. The third-order valence-electron chi connectivity index (χ3n) is 6.83. The van der Waals surface area contributed by atoms with Crippen LogP contribution in [0, 0.1) is 5.82 Å². The SMILES string of the molecule is COC(=O)N1CCC(c2c(-c3ccc(C(=O)O)cc3)c3c(O)cccc3n2-c2ccc(F)cc2)CC1. The molecule has 0 saturated carbocycles. The molecule has 5 rings (SSSR count). The Morgan fingerprint density at radius 3 is 2.25 bits per heavy atom. The van der Waals surface area contributed by atoms with Crippen molar-refractivity contribution in [2.24, 2.45) is 0 Å². The molecule has 3 aromatic carbocycles. The van der Waals surface area contributed by atoms with E-state index in [2.05, 4.69) is 0 Å². The quantitative estimate of drug-likeness (QED) is 0.380. The highest BCUT2D eigenvalue weighted by molar-refractivity contribution is 6.03. The lowest BCUT2D eigenvalue weighted by molar-refractivity contribution is 0.0696. The normalized spacial score (nSPS) is 14.2. The fourth-order valence-corrected chi connectivity index (χ4v) is 5.13. The van der Waals surface area contributed by atoms with E-state index in [0.717, 1.165) is 28.0 Å². The Kier molecular flexibility index (Phi) is 6.10. The van der Waals surface area contributed by atoms with Crippen molar-refractivity contribution in [3.63, 3.8) is 0 Å². The number of aromatic carboxylic acids is 1. The van der Waals surface area contributed by atoms with E-state index >= 15 is 0 Å². The smallest absolute Gasteiger partial charge is 0.409 e. The fourth-order valence-electron chi connectivity index (χ4n) is 5.13. The number of benzene rings is 3. The first-order valence-corrected chi connectivity index (χ1v) is 11.7. The van der Waals surface area contributed by atoms with Crippen LogP contribution in [0.5, 0.6) is 5.75 Å². The van der Waals surface area contributed by atoms with Crippen LogP contribution in [-0.4, -0.2) is 51.9 Å². The average molecular weight is 489 g/mol. The highest BCUT2D eigenvalue weighted by Crippen LogP contribution is 2.46. The number of carbonyl (C=O) groups excluding carboxylic acids is 1. The van der Waals surface area contributed by atoms with Crippen molar-refractivity contribution >= 4 is 23.0 Å². The summed E-state index contributed by atoms with van der Waals surface area (Å²) in [6.07, 6.45) is 0.955. The van der Waals surface area contributed by atoms with E-state index in [9.17, 15) is 24.2 Å². The number of phenolic OH excluding ortho intramolecular Hbond substituents is 1. The third-order valence-corrected chi connectivity index (χ3v) is 6.83. The maximum absolute atomic E-state index is 13.8. The summed E-state index contributed by atoms with van der Waals surface area (Å²) in [5.74, 6) is -1.26. The van der Waals surface area contributed by atoms with Crippen LogP contribution < -0.4 is 0 Å². The van der Waals surface area contributed by atoms with Crippen LogP contribution >= 0.6 is 0 Å². The number of fused-ring (bicyclic) bond motifs is 1. The Morgan fingerprint density at radius 2 is 1.64 bits per heavy atom. The molecule has 1 saturated heterocycles. The Labute approximate surface area is 207 Å². The summed E-state index contributed by atoms with van der Waals surface area (Å²) >= 11 is 0. The van der Waals surface area contributed by atoms with Crippen LogP contribution in [0.4, 0.5) is 9.18 Å². The van der Waals surface area contributed by atoms with E-state index < -0.39 is 5.97 Å². The van der Waals surface area contributed by atoms with Crippen molar-refractivity contribution in [2.75, 3.05) is 20.2 Å². The second-order valence-corrected chi connectivity index (χ2v) is 8.86. The van der Waals surface area contributed by atoms with Gasteiger partial charge in [0.25, 0.3) is 0 Å². The zero-order valence-electron chi connectivity index (χ0n) is 19.6. The molecule has 7 nitrogen and oxygen atoms in total. The fraction of sp³-hybridized carbons (Fsp3) is 0.214. The van der Waals surface area contributed by atoms with Gasteiger partial charge in [-0.3, -0.25) is 0 Å². The zero-order chi connectivity index (χ0) is 25.4. The van der Waals surface area contributed by atoms with E-state index in [-0.39, 0.29) is 29.1 Å². The number of piperidine rings is 1. The summed E-state index contributed by atoms with van der Waals surface area (Å²) in [5, 5.41) is 21.0. The highest BCUT2D eigenvalue weighted by Gasteiger charge is 2.31. The number of nitrogens with zero attached hydrogens (tertiary/aromatic N) is 2. The van der Waals surface area contributed by atoms with Gasteiger partial charge in [0, 0.05) is 41.3 Å². The molecule has 184 valence electrons. The molecule has 0 aliphatic carbocycles. The molecule has 1 aliphatic rings. The van der Waals surface area contributed by atoms with Gasteiger partial charge in [-0.25, -0.2) is 14.0 Å². The van der Waals surface area contributed by atoms with Crippen LogP contribution in [-0.2, 0) is 4.74 Å². The first kappa shape index (κ1) is 23.4. The number of hydrogen-bond acceptors (Lipinski definition) is 4. The molecule has 4 aromatic rings. The van der Waals surface area contributed by atoms with Gasteiger partial charge < -0.3 is 24.4 Å². The monoisotopic (exact) mass is 488 g/mol. The standard InChI is InChI=1S/C28H25FN2O5/c1-36-28(35)30-15-13-18(14-16-30)26-24(17-5-7-19(8-6-17)27(33)34)25-22(3-2-4-23(25)32)31(26)21-11-9-20(29)10-12-21/h2-12,18,32H,13-16H2,1H3,(H,33,34). The number of carboxylic acids is 1. The summed E-state index contributed by atoms with van der Waals surface area (Å²) in [4.78, 5) is 25.2. The molecule has 0 radical (unpaired) electrons. The minimum Gasteiger partial charge on any atom is -0.507 e. The molecule has 1 fully saturated rings. The first-order valence-electron chi connectivity index (χ1n) is 11.7. The number of carbonyl (C=O) groups is 2. The van der Waals surface area contributed by atoms with Gasteiger partial charge in [-0.1, -0.05) is 18.2 Å². The Hall–Kier alpha value is -4.33. The number of phenols is 1. The molecule has 8 heteroatoms. The maximum Gasteiger partial charge on any atom is 0.409 e. The number of carboxylic acid groups (broad SMARTS) is 1. The summed E-state index contributed by atoms with van der Waals surface area (Å²) in [6.45, 7) is 1.01. The van der Waals surface area contributed by atoms with E-state index in [0.29, 0.717) is 31.3 Å². The number of aromatic hydroxyl groups is 1. The van der Waals surface area contributed by atoms with Gasteiger partial charge in [0.15, 0.2) is 0 Å². The van der Waals surface area contributed by atoms with E-state index in [1.807, 2.05) is 10.6 Å². The van der Waals surface area contributed by atoms with Gasteiger partial charge in [0.1, 0.15) is 11.6 Å². The maximum atomic E-state index is 13.8. The number of halogens is 1. The largest absolute Gasteiger partial charge is 0.507 e. The lowest BCUT2D eigenvalue weighted by atomic mass is 9.88. The summed E-state index contributed by atoms with van der Waals surface area (Å²) < 4.78 is 20.7. The molecule has 1 aromatic heterocycles. The molecule has 0 bridgehead atoms. The molecule has 1 aliphatic heterocycles. The summed E-state index contributed by atoms with van der Waals surface area (Å²) in [6, 6.07) is 18.1. The van der Waals surface area contributed by atoms with Gasteiger partial charge in [-0.15, -0.1) is 0 Å². The highest BCUT2D eigenvalue weighted by atomic mass is 19.1. The van der Waals surface area contributed by atoms with Gasteiger partial charge in [-0.2, -0.15) is 0 Å². The molecule has 2 N–H and O–H groups in total. The van der Waals surface area contributed by atoms with Crippen LogP contribution in [0.1, 0.15) is 34.8 Å². The summed E-state index contributed by atoms with van der Waals surface area (Å²) in [7, 11) is 1.36. The lowest BCUT2D eigenvalue weighted by Gasteiger charge is -2.32. The van der Waals surface area contributed by atoms with E-state index in [1.54, 1.807) is 53.4 Å². The van der Waals surface area contributed by atoms with Crippen molar-refractivity contribution in [3.05, 3.63) is 83.8 Å². The van der Waals surface area contributed by atoms with Gasteiger partial charge in [0.2, 0.25) is 0 Å². The number of likely N-dealkylation sites (tertiary alicyclic amines) is 1. The van der Waals surface area contributed by atoms with Gasteiger partial charge >= 0.3 is 12.1 Å². The molecule has 0 spiro atoms. The Morgan fingerprint density at radius 1 is 0.972 bits per heavy atom. The van der Waals surface area contributed by atoms with Gasteiger partial charge in [-0.05, 0) is 66.9 Å². The van der Waals surface area contributed by atoms with Crippen molar-refractivity contribution in [1.82, 2.24) is 9.47 Å². The molecule has 36 heavy (non-hydrogen) atoms. The zero-order valence-corrected chi connectivity index (χ0v) is 19.6. The molecule has 0 atom stereocenters. The molecular formula is C28H25FN2O5. The number of amides is 1. The predicted octanol–water partition coefficient (Wildman–Crippen LogP) is 5.79. The minimum absolute atomic E-state index is 0.0110. The molecule has 0 unspecified atom stereocenters. The average Bonchev–Trinajstić information content (AvgIpc) is 3.25. The molecular weight excluding hydrogens is 463 g/mol. The number of methoxy groups -OCH3 is 1. The van der Waals surface area contributed by atoms with Crippen molar-refractivity contribution in [1.29, 1.82) is 0 Å². The topological polar surface area (TPSA) is 92.0 Å². The lowest BCUT2D eigenvalue weighted by Crippen LogP contribution is -2.38. The van der Waals surface area contributed by atoms with Crippen molar-refractivity contribution in [3.8, 4) is 22.6 Å². The van der Waals surface area contributed by atoms with E-state index in [4.69, 9.17) is 4.74 Å². The second-order valence-electron chi connectivity index (χ2n) is 8.86. The van der Waals surface area contributed by atoms with Crippen molar-refractivity contribution < 1.29 is 28.9 Å². The van der Waals surface area contributed by atoms with Crippen molar-refractivity contribution in [2.45, 2.75) is 18.8 Å². The number of rotatable bonds is 4. The Balaban J connectivity index is 1.75. The molecule has 1 amide bonds. The minimum atomic E-state index is -1.02. The van der Waals surface area contributed by atoms with Crippen LogP contribution in [0.15, 0.2) is 66.7 Å². The van der Waals surface area contributed by atoms with Crippen LogP contribution in [0.3, 0.4) is 0 Å². The second kappa shape index (κ2) is 9.37. The molecule has 2 heterocycles.